The SMILES string of the molecule is O=S(=O)(c1ccc(C(F)(F)F)nc1)N1[C@@H](c2ccc(Cl)cc2)Cc2[nH]ncc2[C@H]1C1CC1. The highest BCUT2D eigenvalue weighted by molar-refractivity contribution is 7.89. The number of pyridine rings is 1. The molecule has 1 fully saturated rings. The number of halogens is 4. The minimum absolute atomic E-state index is 0.110. The fraction of sp³-hybridized carbons (Fsp3) is 0.333. The molecule has 0 saturated heterocycles. The lowest BCUT2D eigenvalue weighted by molar-refractivity contribution is -0.141. The summed E-state index contributed by atoms with van der Waals surface area (Å²) in [5, 5.41) is 7.63. The molecular weight excluding hydrogens is 465 g/mol. The third-order valence-corrected chi connectivity index (χ3v) is 8.10. The van der Waals surface area contributed by atoms with E-state index < -0.39 is 34.0 Å². The number of H-pyrrole nitrogens is 1. The van der Waals surface area contributed by atoms with Crippen molar-refractivity contribution in [2.45, 2.75) is 42.4 Å². The Labute approximate surface area is 187 Å². The third-order valence-electron chi connectivity index (χ3n) is 5.97. The average molecular weight is 483 g/mol. The predicted octanol–water partition coefficient (Wildman–Crippen LogP) is 4.92. The normalized spacial score (nSPS) is 22.0. The van der Waals surface area contributed by atoms with Crippen LogP contribution in [0, 0.1) is 5.92 Å². The number of hydrogen-bond donors (Lipinski definition) is 1. The first-order chi connectivity index (χ1) is 15.2. The molecule has 0 unspecified atom stereocenters. The van der Waals surface area contributed by atoms with Crippen molar-refractivity contribution in [2.24, 2.45) is 5.92 Å². The lowest BCUT2D eigenvalue weighted by Gasteiger charge is -2.41. The maximum atomic E-state index is 13.8. The molecule has 0 bridgehead atoms. The molecule has 5 rings (SSSR count). The van der Waals surface area contributed by atoms with Gasteiger partial charge in [-0.25, -0.2) is 8.42 Å². The number of hydrogen-bond acceptors (Lipinski definition) is 4. The highest BCUT2D eigenvalue weighted by atomic mass is 35.5. The second-order valence-electron chi connectivity index (χ2n) is 8.07. The molecule has 1 aliphatic carbocycles. The summed E-state index contributed by atoms with van der Waals surface area (Å²) in [4.78, 5) is 3.10. The van der Waals surface area contributed by atoms with Gasteiger partial charge < -0.3 is 0 Å². The molecule has 32 heavy (non-hydrogen) atoms. The van der Waals surface area contributed by atoms with Gasteiger partial charge in [0.1, 0.15) is 10.6 Å². The molecule has 11 heteroatoms. The number of alkyl halides is 3. The van der Waals surface area contributed by atoms with E-state index in [1.807, 2.05) is 0 Å². The first-order valence-electron chi connectivity index (χ1n) is 10.0. The summed E-state index contributed by atoms with van der Waals surface area (Å²) in [5.41, 5.74) is 1.27. The second kappa shape index (κ2) is 7.57. The molecule has 1 saturated carbocycles. The summed E-state index contributed by atoms with van der Waals surface area (Å²) in [6.45, 7) is 0. The Hall–Kier alpha value is -2.43. The van der Waals surface area contributed by atoms with Crippen LogP contribution in [0.5, 0.6) is 0 Å². The zero-order valence-corrected chi connectivity index (χ0v) is 18.1. The van der Waals surface area contributed by atoms with E-state index in [-0.39, 0.29) is 10.8 Å². The number of nitrogens with one attached hydrogen (secondary N) is 1. The van der Waals surface area contributed by atoms with Gasteiger partial charge in [-0.1, -0.05) is 23.7 Å². The predicted molar refractivity (Wildman–Crippen MR) is 110 cm³/mol. The Balaban J connectivity index is 1.64. The maximum absolute atomic E-state index is 13.8. The number of aromatic amines is 1. The summed E-state index contributed by atoms with van der Waals surface area (Å²) < 4.78 is 67.9. The number of rotatable bonds is 4. The van der Waals surface area contributed by atoms with Gasteiger partial charge >= 0.3 is 6.18 Å². The van der Waals surface area contributed by atoms with Crippen LogP contribution in [0.1, 0.15) is 47.4 Å². The molecule has 2 atom stereocenters. The zero-order valence-electron chi connectivity index (χ0n) is 16.6. The molecule has 2 aliphatic rings. The van der Waals surface area contributed by atoms with Crippen molar-refractivity contribution in [3.8, 4) is 0 Å². The molecule has 6 nitrogen and oxygen atoms in total. The van der Waals surface area contributed by atoms with E-state index in [1.54, 1.807) is 30.5 Å². The van der Waals surface area contributed by atoms with Crippen LogP contribution in [-0.4, -0.2) is 27.9 Å². The summed E-state index contributed by atoms with van der Waals surface area (Å²) in [7, 11) is -4.18. The van der Waals surface area contributed by atoms with Crippen LogP contribution in [0.3, 0.4) is 0 Å². The van der Waals surface area contributed by atoms with Crippen molar-refractivity contribution in [1.82, 2.24) is 19.5 Å². The first-order valence-corrected chi connectivity index (χ1v) is 11.8. The van der Waals surface area contributed by atoms with E-state index >= 15 is 0 Å². The Bertz CT molecular complexity index is 1240. The molecule has 1 N–H and O–H groups in total. The van der Waals surface area contributed by atoms with Crippen LogP contribution < -0.4 is 0 Å². The molecule has 3 aromatic rings. The van der Waals surface area contributed by atoms with Crippen molar-refractivity contribution in [3.05, 3.63) is 76.3 Å². The van der Waals surface area contributed by atoms with Crippen molar-refractivity contribution < 1.29 is 21.6 Å². The zero-order chi connectivity index (χ0) is 22.7. The summed E-state index contributed by atoms with van der Waals surface area (Å²) >= 11 is 6.03. The lowest BCUT2D eigenvalue weighted by atomic mass is 9.90. The van der Waals surface area contributed by atoms with Gasteiger partial charge in [-0.3, -0.25) is 10.1 Å². The Morgan fingerprint density at radius 2 is 1.78 bits per heavy atom. The van der Waals surface area contributed by atoms with Crippen molar-refractivity contribution >= 4 is 21.6 Å². The first kappa shape index (κ1) is 21.4. The van der Waals surface area contributed by atoms with Gasteiger partial charge in [0, 0.05) is 28.9 Å². The smallest absolute Gasteiger partial charge is 0.282 e. The number of nitrogens with zero attached hydrogens (tertiary/aromatic N) is 3. The molecule has 0 amide bonds. The van der Waals surface area contributed by atoms with E-state index in [1.165, 1.54) is 4.31 Å². The summed E-state index contributed by atoms with van der Waals surface area (Å²) in [6, 6.07) is 7.55. The van der Waals surface area contributed by atoms with E-state index in [0.717, 1.165) is 41.9 Å². The van der Waals surface area contributed by atoms with Gasteiger partial charge in [-0.2, -0.15) is 22.6 Å². The molecule has 3 heterocycles. The number of aromatic nitrogens is 3. The molecule has 1 aromatic carbocycles. The van der Waals surface area contributed by atoms with Crippen LogP contribution in [0.4, 0.5) is 13.2 Å². The Kier molecular flexibility index (Phi) is 5.06. The van der Waals surface area contributed by atoms with E-state index in [0.29, 0.717) is 17.5 Å². The Morgan fingerprint density at radius 1 is 1.06 bits per heavy atom. The minimum Gasteiger partial charge on any atom is -0.282 e. The molecule has 168 valence electrons. The molecule has 0 radical (unpaired) electrons. The number of fused-ring (bicyclic) bond motifs is 1. The van der Waals surface area contributed by atoms with E-state index in [4.69, 9.17) is 11.6 Å². The monoisotopic (exact) mass is 482 g/mol. The van der Waals surface area contributed by atoms with Gasteiger partial charge in [-0.05, 0) is 48.6 Å². The van der Waals surface area contributed by atoms with Gasteiger partial charge in [-0.15, -0.1) is 0 Å². The maximum Gasteiger partial charge on any atom is 0.433 e. The van der Waals surface area contributed by atoms with Crippen molar-refractivity contribution in [1.29, 1.82) is 0 Å². The van der Waals surface area contributed by atoms with Crippen LogP contribution in [0.25, 0.3) is 0 Å². The number of sulfonamides is 1. The van der Waals surface area contributed by atoms with Gasteiger partial charge in [0.15, 0.2) is 0 Å². The van der Waals surface area contributed by atoms with E-state index in [2.05, 4.69) is 15.2 Å². The third kappa shape index (κ3) is 3.70. The largest absolute Gasteiger partial charge is 0.433 e. The van der Waals surface area contributed by atoms with Gasteiger partial charge in [0.05, 0.1) is 18.3 Å². The molecule has 0 spiro atoms. The van der Waals surface area contributed by atoms with Crippen LogP contribution in [0.15, 0.2) is 53.7 Å². The van der Waals surface area contributed by atoms with Gasteiger partial charge in [0.25, 0.3) is 0 Å². The van der Waals surface area contributed by atoms with Crippen LogP contribution in [0.2, 0.25) is 5.02 Å². The molecule has 1 aliphatic heterocycles. The van der Waals surface area contributed by atoms with E-state index in [9.17, 15) is 21.6 Å². The molecular formula is C21H18ClF3N4O2S. The quantitative estimate of drug-likeness (QED) is 0.572. The van der Waals surface area contributed by atoms with Gasteiger partial charge in [0.2, 0.25) is 10.0 Å². The average Bonchev–Trinajstić information content (AvgIpc) is 3.49. The summed E-state index contributed by atoms with van der Waals surface area (Å²) in [5.74, 6) is 0.110. The fourth-order valence-corrected chi connectivity index (χ4v) is 6.23. The standard InChI is InChI=1S/C21H18ClF3N4O2S/c22-14-5-3-12(4-6-14)18-9-17-16(11-27-28-17)20(13-1-2-13)29(18)32(30,31)15-7-8-19(26-10-15)21(23,24)25/h3-8,10-11,13,18,20H,1-2,9H2,(H,27,28)/t18-,20-/m1/s1. The minimum atomic E-state index is -4.65. The second-order valence-corrected chi connectivity index (χ2v) is 10.3. The Morgan fingerprint density at radius 3 is 2.38 bits per heavy atom. The van der Waals surface area contributed by atoms with Crippen molar-refractivity contribution in [2.75, 3.05) is 0 Å². The fourth-order valence-electron chi connectivity index (χ4n) is 4.32. The lowest BCUT2D eigenvalue weighted by Crippen LogP contribution is -2.43. The van der Waals surface area contributed by atoms with Crippen LogP contribution in [-0.2, 0) is 22.6 Å². The van der Waals surface area contributed by atoms with Crippen molar-refractivity contribution in [3.63, 3.8) is 0 Å². The highest BCUT2D eigenvalue weighted by Gasteiger charge is 2.50. The number of benzene rings is 1. The highest BCUT2D eigenvalue weighted by Crippen LogP contribution is 2.53. The van der Waals surface area contributed by atoms with Crippen LogP contribution >= 0.6 is 11.6 Å². The summed E-state index contributed by atoms with van der Waals surface area (Å²) in [6.07, 6.45) is -0.148. The topological polar surface area (TPSA) is 79.0 Å². The molecule has 2 aromatic heterocycles.